The summed E-state index contributed by atoms with van der Waals surface area (Å²) in [4.78, 5) is 17.1. The standard InChI is InChI=1S/C13H17N3O3/c1-19-7-6-15(10-13(17)18)8-11-9-16-5-3-2-4-12(16)14-11/h2-5,9H,6-8,10H2,1H3,(H,17,18). The lowest BCUT2D eigenvalue weighted by Gasteiger charge is -2.18. The molecule has 0 spiro atoms. The molecule has 0 bridgehead atoms. The number of carbonyl (C=O) groups is 1. The minimum Gasteiger partial charge on any atom is -0.480 e. The molecule has 0 radical (unpaired) electrons. The first kappa shape index (κ1) is 13.5. The second-order valence-corrected chi connectivity index (χ2v) is 4.30. The molecule has 2 aromatic heterocycles. The Balaban J connectivity index is 2.08. The predicted octanol–water partition coefficient (Wildman–Crippen LogP) is 0.867. The number of fused-ring (bicyclic) bond motifs is 1. The largest absolute Gasteiger partial charge is 0.480 e. The van der Waals surface area contributed by atoms with Gasteiger partial charge in [0.25, 0.3) is 0 Å². The summed E-state index contributed by atoms with van der Waals surface area (Å²) in [6, 6.07) is 5.77. The molecule has 0 aliphatic carbocycles. The van der Waals surface area contributed by atoms with E-state index in [0.717, 1.165) is 11.3 Å². The van der Waals surface area contributed by atoms with Crippen molar-refractivity contribution in [2.45, 2.75) is 6.54 Å². The molecule has 0 aliphatic heterocycles. The number of methoxy groups -OCH3 is 1. The molecule has 102 valence electrons. The van der Waals surface area contributed by atoms with Gasteiger partial charge in [0.05, 0.1) is 18.8 Å². The van der Waals surface area contributed by atoms with Gasteiger partial charge in [0.15, 0.2) is 0 Å². The van der Waals surface area contributed by atoms with Crippen molar-refractivity contribution in [1.82, 2.24) is 14.3 Å². The highest BCUT2D eigenvalue weighted by molar-refractivity contribution is 5.69. The summed E-state index contributed by atoms with van der Waals surface area (Å²) in [5.74, 6) is -0.847. The number of pyridine rings is 1. The van der Waals surface area contributed by atoms with Crippen LogP contribution in [0.3, 0.4) is 0 Å². The van der Waals surface area contributed by atoms with E-state index in [1.807, 2.05) is 35.0 Å². The summed E-state index contributed by atoms with van der Waals surface area (Å²) in [7, 11) is 1.60. The van der Waals surface area contributed by atoms with Gasteiger partial charge in [-0.25, -0.2) is 4.98 Å². The number of nitrogens with zero attached hydrogens (tertiary/aromatic N) is 3. The van der Waals surface area contributed by atoms with Crippen molar-refractivity contribution >= 4 is 11.6 Å². The van der Waals surface area contributed by atoms with E-state index in [-0.39, 0.29) is 6.54 Å². The van der Waals surface area contributed by atoms with Gasteiger partial charge < -0.3 is 14.2 Å². The topological polar surface area (TPSA) is 67.1 Å². The Morgan fingerprint density at radius 1 is 1.53 bits per heavy atom. The maximum Gasteiger partial charge on any atom is 0.317 e. The SMILES string of the molecule is COCCN(CC(=O)O)Cc1cn2ccccc2n1. The highest BCUT2D eigenvalue weighted by atomic mass is 16.5. The average Bonchev–Trinajstić information content (AvgIpc) is 2.77. The number of carboxylic acids is 1. The van der Waals surface area contributed by atoms with Crippen molar-refractivity contribution in [2.24, 2.45) is 0 Å². The maximum atomic E-state index is 10.8. The fourth-order valence-electron chi connectivity index (χ4n) is 1.92. The van der Waals surface area contributed by atoms with Crippen LogP contribution in [-0.4, -0.2) is 52.2 Å². The van der Waals surface area contributed by atoms with Gasteiger partial charge >= 0.3 is 5.97 Å². The van der Waals surface area contributed by atoms with Crippen LogP contribution in [-0.2, 0) is 16.1 Å². The minimum atomic E-state index is -0.847. The number of aliphatic carboxylic acids is 1. The molecule has 0 unspecified atom stereocenters. The Morgan fingerprint density at radius 3 is 3.05 bits per heavy atom. The smallest absolute Gasteiger partial charge is 0.317 e. The van der Waals surface area contributed by atoms with Crippen molar-refractivity contribution in [1.29, 1.82) is 0 Å². The molecular formula is C13H17N3O3. The lowest BCUT2D eigenvalue weighted by molar-refractivity contribution is -0.138. The number of aromatic nitrogens is 2. The second kappa shape index (κ2) is 6.31. The van der Waals surface area contributed by atoms with Gasteiger partial charge in [-0.2, -0.15) is 0 Å². The van der Waals surface area contributed by atoms with Crippen LogP contribution >= 0.6 is 0 Å². The van der Waals surface area contributed by atoms with E-state index in [9.17, 15) is 4.79 Å². The van der Waals surface area contributed by atoms with E-state index in [2.05, 4.69) is 4.98 Å². The first-order chi connectivity index (χ1) is 9.19. The summed E-state index contributed by atoms with van der Waals surface area (Å²) < 4.78 is 6.91. The van der Waals surface area contributed by atoms with Gasteiger partial charge in [-0.15, -0.1) is 0 Å². The molecule has 2 rings (SSSR count). The van der Waals surface area contributed by atoms with Crippen molar-refractivity contribution in [3.05, 3.63) is 36.3 Å². The lowest BCUT2D eigenvalue weighted by atomic mass is 10.4. The number of carboxylic acid groups (broad SMARTS) is 1. The van der Waals surface area contributed by atoms with E-state index < -0.39 is 5.97 Å². The van der Waals surface area contributed by atoms with Gasteiger partial charge in [-0.05, 0) is 12.1 Å². The van der Waals surface area contributed by atoms with E-state index in [1.54, 1.807) is 12.0 Å². The number of rotatable bonds is 7. The van der Waals surface area contributed by atoms with Crippen LogP contribution in [0.5, 0.6) is 0 Å². The van der Waals surface area contributed by atoms with Gasteiger partial charge in [-0.1, -0.05) is 6.07 Å². The number of imidazole rings is 1. The Hall–Kier alpha value is -1.92. The first-order valence-electron chi connectivity index (χ1n) is 6.05. The summed E-state index contributed by atoms with van der Waals surface area (Å²) >= 11 is 0. The fourth-order valence-corrected chi connectivity index (χ4v) is 1.92. The maximum absolute atomic E-state index is 10.8. The molecule has 2 aromatic rings. The van der Waals surface area contributed by atoms with Gasteiger partial charge in [0.1, 0.15) is 5.65 Å². The first-order valence-corrected chi connectivity index (χ1v) is 6.05. The Labute approximate surface area is 111 Å². The number of hydrogen-bond acceptors (Lipinski definition) is 4. The highest BCUT2D eigenvalue weighted by Crippen LogP contribution is 2.07. The number of ether oxygens (including phenoxy) is 1. The van der Waals surface area contributed by atoms with Crippen molar-refractivity contribution in [2.75, 3.05) is 26.8 Å². The van der Waals surface area contributed by atoms with Crippen LogP contribution in [0.1, 0.15) is 5.69 Å². The molecule has 0 atom stereocenters. The van der Waals surface area contributed by atoms with Crippen LogP contribution in [0.4, 0.5) is 0 Å². The third-order valence-corrected chi connectivity index (χ3v) is 2.77. The Kier molecular flexibility index (Phi) is 4.48. The second-order valence-electron chi connectivity index (χ2n) is 4.30. The van der Waals surface area contributed by atoms with Gasteiger partial charge in [0.2, 0.25) is 0 Å². The molecule has 0 saturated heterocycles. The quantitative estimate of drug-likeness (QED) is 0.802. The zero-order valence-electron chi connectivity index (χ0n) is 10.8. The molecule has 0 amide bonds. The fraction of sp³-hybridized carbons (Fsp3) is 0.385. The average molecular weight is 263 g/mol. The summed E-state index contributed by atoms with van der Waals surface area (Å²) in [6.07, 6.45) is 3.83. The molecule has 6 nitrogen and oxygen atoms in total. The van der Waals surface area contributed by atoms with Crippen LogP contribution in [0, 0.1) is 0 Å². The van der Waals surface area contributed by atoms with E-state index in [4.69, 9.17) is 9.84 Å². The number of hydrogen-bond donors (Lipinski definition) is 1. The molecule has 0 saturated carbocycles. The summed E-state index contributed by atoms with van der Waals surface area (Å²) in [5.41, 5.74) is 1.71. The zero-order chi connectivity index (χ0) is 13.7. The van der Waals surface area contributed by atoms with E-state index in [1.165, 1.54) is 0 Å². The lowest BCUT2D eigenvalue weighted by Crippen LogP contribution is -2.32. The van der Waals surface area contributed by atoms with Crippen LogP contribution < -0.4 is 0 Å². The Morgan fingerprint density at radius 2 is 2.37 bits per heavy atom. The molecule has 19 heavy (non-hydrogen) atoms. The molecule has 2 heterocycles. The van der Waals surface area contributed by atoms with E-state index in [0.29, 0.717) is 19.7 Å². The molecule has 1 N–H and O–H groups in total. The van der Waals surface area contributed by atoms with Crippen molar-refractivity contribution in [3.63, 3.8) is 0 Å². The monoisotopic (exact) mass is 263 g/mol. The summed E-state index contributed by atoms with van der Waals surface area (Å²) in [5, 5.41) is 8.89. The summed E-state index contributed by atoms with van der Waals surface area (Å²) in [6.45, 7) is 1.55. The third-order valence-electron chi connectivity index (χ3n) is 2.77. The zero-order valence-corrected chi connectivity index (χ0v) is 10.8. The van der Waals surface area contributed by atoms with Gasteiger partial charge in [-0.3, -0.25) is 9.69 Å². The van der Waals surface area contributed by atoms with Crippen LogP contribution in [0.2, 0.25) is 0 Å². The molecule has 0 aliphatic rings. The van der Waals surface area contributed by atoms with Crippen LogP contribution in [0.25, 0.3) is 5.65 Å². The molecule has 0 fully saturated rings. The van der Waals surface area contributed by atoms with Crippen molar-refractivity contribution in [3.8, 4) is 0 Å². The minimum absolute atomic E-state index is 0.0166. The van der Waals surface area contributed by atoms with Crippen LogP contribution in [0.15, 0.2) is 30.6 Å². The Bertz CT molecular complexity index is 520. The highest BCUT2D eigenvalue weighted by Gasteiger charge is 2.12. The molecular weight excluding hydrogens is 246 g/mol. The van der Waals surface area contributed by atoms with Gasteiger partial charge in [0, 0.05) is 32.6 Å². The third kappa shape index (κ3) is 3.77. The predicted molar refractivity (Wildman–Crippen MR) is 70.0 cm³/mol. The molecule has 0 aromatic carbocycles. The van der Waals surface area contributed by atoms with Crippen molar-refractivity contribution < 1.29 is 14.6 Å². The molecule has 6 heteroatoms. The van der Waals surface area contributed by atoms with E-state index >= 15 is 0 Å². The normalized spacial score (nSPS) is 11.3.